The molecule has 90 valence electrons. The van der Waals surface area contributed by atoms with Gasteiger partial charge in [0.25, 0.3) is 0 Å². The Hall–Kier alpha value is -1.32. The third kappa shape index (κ3) is 2.68. The van der Waals surface area contributed by atoms with Gasteiger partial charge in [-0.15, -0.1) is 0 Å². The maximum Gasteiger partial charge on any atom is 0.0815 e. The molecular weight excluding hydrogens is 234 g/mol. The molecule has 0 aliphatic rings. The fourth-order valence-corrected chi connectivity index (χ4v) is 1.96. The molecule has 0 fully saturated rings. The largest absolute Gasteiger partial charge is 0.326 e. The van der Waals surface area contributed by atoms with Gasteiger partial charge in [-0.3, -0.25) is 4.68 Å². The molecule has 0 aliphatic heterocycles. The summed E-state index contributed by atoms with van der Waals surface area (Å²) in [5.74, 6) is 0. The summed E-state index contributed by atoms with van der Waals surface area (Å²) >= 11 is 5.98. The van der Waals surface area contributed by atoms with Crippen LogP contribution in [0.1, 0.15) is 22.4 Å². The Morgan fingerprint density at radius 3 is 2.65 bits per heavy atom. The van der Waals surface area contributed by atoms with Crippen LogP contribution in [-0.2, 0) is 13.1 Å². The number of hydrogen-bond acceptors (Lipinski definition) is 2. The van der Waals surface area contributed by atoms with Crippen LogP contribution in [0.15, 0.2) is 24.4 Å². The van der Waals surface area contributed by atoms with Gasteiger partial charge in [0.1, 0.15) is 0 Å². The molecule has 1 aromatic carbocycles. The summed E-state index contributed by atoms with van der Waals surface area (Å²) < 4.78 is 1.86. The van der Waals surface area contributed by atoms with Crippen LogP contribution in [0.5, 0.6) is 0 Å². The first-order valence-corrected chi connectivity index (χ1v) is 5.96. The van der Waals surface area contributed by atoms with Crippen LogP contribution in [0.4, 0.5) is 0 Å². The van der Waals surface area contributed by atoms with Crippen molar-refractivity contribution in [3.8, 4) is 0 Å². The number of benzene rings is 1. The highest BCUT2D eigenvalue weighted by Crippen LogP contribution is 2.16. The van der Waals surface area contributed by atoms with E-state index in [1.165, 1.54) is 11.1 Å². The number of aryl methyl sites for hydroxylation is 2. The second-order valence-corrected chi connectivity index (χ2v) is 4.63. The van der Waals surface area contributed by atoms with Gasteiger partial charge in [-0.1, -0.05) is 29.8 Å². The zero-order chi connectivity index (χ0) is 12.4. The first kappa shape index (κ1) is 12.1. The van der Waals surface area contributed by atoms with Crippen molar-refractivity contribution in [3.05, 3.63) is 51.8 Å². The average molecular weight is 250 g/mol. The zero-order valence-corrected chi connectivity index (χ0v) is 10.8. The topological polar surface area (TPSA) is 43.8 Å². The zero-order valence-electron chi connectivity index (χ0n) is 10.1. The molecule has 2 N–H and O–H groups in total. The Labute approximate surface area is 106 Å². The molecular formula is C13H16ClN3. The van der Waals surface area contributed by atoms with Crippen molar-refractivity contribution in [3.63, 3.8) is 0 Å². The molecule has 0 unspecified atom stereocenters. The fraction of sp³-hybridized carbons (Fsp3) is 0.308. The summed E-state index contributed by atoms with van der Waals surface area (Å²) in [6.45, 7) is 5.31. The van der Waals surface area contributed by atoms with E-state index in [2.05, 4.69) is 30.2 Å². The lowest BCUT2D eigenvalue weighted by molar-refractivity contribution is 0.676. The van der Waals surface area contributed by atoms with Gasteiger partial charge in [0.15, 0.2) is 0 Å². The fourth-order valence-electron chi connectivity index (χ4n) is 1.81. The molecule has 1 heterocycles. The van der Waals surface area contributed by atoms with Crippen molar-refractivity contribution >= 4 is 11.6 Å². The minimum absolute atomic E-state index is 0.577. The van der Waals surface area contributed by atoms with Gasteiger partial charge < -0.3 is 5.73 Å². The Kier molecular flexibility index (Phi) is 3.50. The highest BCUT2D eigenvalue weighted by molar-refractivity contribution is 6.31. The Morgan fingerprint density at radius 2 is 2.12 bits per heavy atom. The van der Waals surface area contributed by atoms with Crippen LogP contribution >= 0.6 is 11.6 Å². The van der Waals surface area contributed by atoms with Gasteiger partial charge in [-0.05, 0) is 30.5 Å². The lowest BCUT2D eigenvalue weighted by Crippen LogP contribution is -2.04. The van der Waals surface area contributed by atoms with Crippen molar-refractivity contribution in [2.75, 3.05) is 0 Å². The van der Waals surface area contributed by atoms with E-state index in [9.17, 15) is 0 Å². The van der Waals surface area contributed by atoms with E-state index >= 15 is 0 Å². The van der Waals surface area contributed by atoms with E-state index in [4.69, 9.17) is 17.3 Å². The maximum absolute atomic E-state index is 5.98. The molecule has 0 bridgehead atoms. The monoisotopic (exact) mass is 249 g/mol. The molecule has 0 radical (unpaired) electrons. The maximum atomic E-state index is 5.98. The second kappa shape index (κ2) is 4.90. The summed E-state index contributed by atoms with van der Waals surface area (Å²) in [7, 11) is 0. The lowest BCUT2D eigenvalue weighted by Gasteiger charge is -2.07. The molecule has 3 nitrogen and oxygen atoms in total. The second-order valence-electron chi connectivity index (χ2n) is 4.22. The van der Waals surface area contributed by atoms with Crippen LogP contribution in [-0.4, -0.2) is 9.78 Å². The first-order valence-electron chi connectivity index (χ1n) is 5.58. The van der Waals surface area contributed by atoms with Crippen molar-refractivity contribution in [2.45, 2.75) is 26.9 Å². The SMILES string of the molecule is Cc1cc(CN)ccc1Cn1cc(Cl)c(C)n1. The number of hydrogen-bond donors (Lipinski definition) is 1. The Bertz CT molecular complexity index is 512. The molecule has 17 heavy (non-hydrogen) atoms. The molecule has 0 spiro atoms. The van der Waals surface area contributed by atoms with Crippen molar-refractivity contribution < 1.29 is 0 Å². The van der Waals surface area contributed by atoms with Gasteiger partial charge in [-0.2, -0.15) is 5.10 Å². The van der Waals surface area contributed by atoms with Crippen LogP contribution in [0.3, 0.4) is 0 Å². The van der Waals surface area contributed by atoms with Crippen LogP contribution in [0.2, 0.25) is 5.02 Å². The summed E-state index contributed by atoms with van der Waals surface area (Å²) in [5.41, 5.74) is 10.1. The number of nitrogens with zero attached hydrogens (tertiary/aromatic N) is 2. The molecule has 4 heteroatoms. The van der Waals surface area contributed by atoms with Crippen LogP contribution in [0, 0.1) is 13.8 Å². The van der Waals surface area contributed by atoms with Crippen molar-refractivity contribution in [1.29, 1.82) is 0 Å². The highest BCUT2D eigenvalue weighted by atomic mass is 35.5. The highest BCUT2D eigenvalue weighted by Gasteiger charge is 2.04. The molecule has 2 aromatic rings. The Balaban J connectivity index is 2.24. The van der Waals surface area contributed by atoms with E-state index in [-0.39, 0.29) is 0 Å². The average Bonchev–Trinajstić information content (AvgIpc) is 2.61. The van der Waals surface area contributed by atoms with E-state index < -0.39 is 0 Å². The van der Waals surface area contributed by atoms with Gasteiger partial charge in [0, 0.05) is 12.7 Å². The molecule has 1 aromatic heterocycles. The molecule has 0 saturated heterocycles. The summed E-state index contributed by atoms with van der Waals surface area (Å²) in [4.78, 5) is 0. The molecule has 0 amide bonds. The smallest absolute Gasteiger partial charge is 0.0815 e. The third-order valence-corrected chi connectivity index (χ3v) is 3.23. The third-order valence-electron chi connectivity index (χ3n) is 2.86. The minimum atomic E-state index is 0.577. The Morgan fingerprint density at radius 1 is 1.35 bits per heavy atom. The van der Waals surface area contributed by atoms with Crippen molar-refractivity contribution in [1.82, 2.24) is 9.78 Å². The number of rotatable bonds is 3. The summed E-state index contributed by atoms with van der Waals surface area (Å²) in [5, 5.41) is 5.06. The van der Waals surface area contributed by atoms with Crippen LogP contribution < -0.4 is 5.73 Å². The van der Waals surface area contributed by atoms with E-state index in [1.807, 2.05) is 17.8 Å². The van der Waals surface area contributed by atoms with Crippen LogP contribution in [0.25, 0.3) is 0 Å². The van der Waals surface area contributed by atoms with E-state index in [0.717, 1.165) is 17.8 Å². The molecule has 2 rings (SSSR count). The predicted molar refractivity (Wildman–Crippen MR) is 70.1 cm³/mol. The van der Waals surface area contributed by atoms with Gasteiger partial charge >= 0.3 is 0 Å². The number of nitrogens with two attached hydrogens (primary N) is 1. The minimum Gasteiger partial charge on any atom is -0.326 e. The van der Waals surface area contributed by atoms with E-state index in [1.54, 1.807) is 0 Å². The predicted octanol–water partition coefficient (Wildman–Crippen LogP) is 2.66. The molecule has 0 aliphatic carbocycles. The van der Waals surface area contributed by atoms with E-state index in [0.29, 0.717) is 11.6 Å². The quantitative estimate of drug-likeness (QED) is 0.909. The molecule has 0 atom stereocenters. The van der Waals surface area contributed by atoms with Crippen molar-refractivity contribution in [2.24, 2.45) is 5.73 Å². The summed E-state index contributed by atoms with van der Waals surface area (Å²) in [6, 6.07) is 6.27. The molecule has 0 saturated carbocycles. The summed E-state index contributed by atoms with van der Waals surface area (Å²) in [6.07, 6.45) is 1.85. The standard InChI is InChI=1S/C13H16ClN3/c1-9-5-11(6-15)3-4-12(9)7-17-8-13(14)10(2)16-17/h3-5,8H,6-7,15H2,1-2H3. The first-order chi connectivity index (χ1) is 8.10. The lowest BCUT2D eigenvalue weighted by atomic mass is 10.1. The number of halogens is 1. The normalized spacial score (nSPS) is 10.8. The number of aromatic nitrogens is 2. The van der Waals surface area contributed by atoms with Gasteiger partial charge in [0.05, 0.1) is 17.3 Å². The van der Waals surface area contributed by atoms with Gasteiger partial charge in [-0.25, -0.2) is 0 Å². The van der Waals surface area contributed by atoms with Gasteiger partial charge in [0.2, 0.25) is 0 Å².